The number of aromatic nitrogens is 2. The molecule has 8 heteroatoms. The van der Waals surface area contributed by atoms with Gasteiger partial charge in [0.15, 0.2) is 5.03 Å². The van der Waals surface area contributed by atoms with E-state index in [1.807, 2.05) is 6.26 Å². The summed E-state index contributed by atoms with van der Waals surface area (Å²) in [5.41, 5.74) is 0.267. The van der Waals surface area contributed by atoms with Gasteiger partial charge in [0.25, 0.3) is 10.0 Å². The standard InChI is InChI=1S/C8H15N3O3S2/c1-6(5-15-2)11-16(13,14)8-7(4-12)3-9-10-8/h3,6,11-12H,4-5H2,1-2H3,(H,9,10). The monoisotopic (exact) mass is 265 g/mol. The van der Waals surface area contributed by atoms with E-state index in [-0.39, 0.29) is 23.2 Å². The Balaban J connectivity index is 2.86. The first-order valence-corrected chi connectivity index (χ1v) is 7.53. The highest BCUT2D eigenvalue weighted by molar-refractivity contribution is 7.98. The lowest BCUT2D eigenvalue weighted by molar-refractivity contribution is 0.278. The highest BCUT2D eigenvalue weighted by atomic mass is 32.2. The van der Waals surface area contributed by atoms with E-state index in [2.05, 4.69) is 14.9 Å². The third-order valence-corrected chi connectivity index (χ3v) is 4.33. The van der Waals surface area contributed by atoms with Gasteiger partial charge in [-0.05, 0) is 13.2 Å². The van der Waals surface area contributed by atoms with Crippen LogP contribution in [0.4, 0.5) is 0 Å². The Labute approximate surface area is 98.9 Å². The van der Waals surface area contributed by atoms with Crippen molar-refractivity contribution in [3.05, 3.63) is 11.8 Å². The molecule has 1 unspecified atom stereocenters. The van der Waals surface area contributed by atoms with Crippen LogP contribution in [0, 0.1) is 0 Å². The molecule has 0 amide bonds. The van der Waals surface area contributed by atoms with Gasteiger partial charge in [-0.25, -0.2) is 13.1 Å². The van der Waals surface area contributed by atoms with Gasteiger partial charge in [-0.1, -0.05) is 0 Å². The van der Waals surface area contributed by atoms with E-state index < -0.39 is 10.0 Å². The third kappa shape index (κ3) is 3.21. The smallest absolute Gasteiger partial charge is 0.258 e. The zero-order valence-corrected chi connectivity index (χ0v) is 10.7. The SMILES string of the molecule is CSCC(C)NS(=O)(=O)c1[nH]ncc1CO. The number of thioether (sulfide) groups is 1. The quantitative estimate of drug-likeness (QED) is 0.669. The topological polar surface area (TPSA) is 95.1 Å². The van der Waals surface area contributed by atoms with Gasteiger partial charge >= 0.3 is 0 Å². The maximum absolute atomic E-state index is 11.9. The van der Waals surface area contributed by atoms with Crippen LogP contribution in [0.5, 0.6) is 0 Å². The molecule has 0 saturated carbocycles. The van der Waals surface area contributed by atoms with Crippen LogP contribution < -0.4 is 4.72 Å². The number of hydrogen-bond donors (Lipinski definition) is 3. The first-order chi connectivity index (χ1) is 7.51. The molecule has 1 atom stereocenters. The molecule has 0 radical (unpaired) electrons. The summed E-state index contributed by atoms with van der Waals surface area (Å²) in [5.74, 6) is 0.682. The Morgan fingerprint density at radius 2 is 2.38 bits per heavy atom. The van der Waals surface area contributed by atoms with Gasteiger partial charge in [-0.2, -0.15) is 16.9 Å². The van der Waals surface area contributed by atoms with Crippen LogP contribution >= 0.6 is 11.8 Å². The number of H-pyrrole nitrogens is 1. The fourth-order valence-electron chi connectivity index (χ4n) is 1.25. The van der Waals surface area contributed by atoms with E-state index in [0.29, 0.717) is 5.75 Å². The zero-order chi connectivity index (χ0) is 12.2. The molecule has 92 valence electrons. The number of hydrogen-bond acceptors (Lipinski definition) is 5. The van der Waals surface area contributed by atoms with Gasteiger partial charge in [-0.15, -0.1) is 0 Å². The minimum absolute atomic E-state index is 0.0667. The van der Waals surface area contributed by atoms with E-state index in [4.69, 9.17) is 5.11 Å². The molecule has 1 aromatic heterocycles. The van der Waals surface area contributed by atoms with Gasteiger partial charge < -0.3 is 5.11 Å². The van der Waals surface area contributed by atoms with Crippen molar-refractivity contribution in [2.75, 3.05) is 12.0 Å². The number of rotatable bonds is 6. The van der Waals surface area contributed by atoms with Crippen molar-refractivity contribution in [2.45, 2.75) is 24.6 Å². The zero-order valence-electron chi connectivity index (χ0n) is 9.10. The lowest BCUT2D eigenvalue weighted by Gasteiger charge is -2.12. The molecule has 0 aromatic carbocycles. The molecule has 3 N–H and O–H groups in total. The Morgan fingerprint density at radius 1 is 1.69 bits per heavy atom. The fourth-order valence-corrected chi connectivity index (χ4v) is 3.31. The molecule has 0 spiro atoms. The lowest BCUT2D eigenvalue weighted by atomic mass is 10.4. The molecule has 0 fully saturated rings. The Morgan fingerprint density at radius 3 is 2.94 bits per heavy atom. The molecule has 0 aliphatic carbocycles. The number of sulfonamides is 1. The summed E-state index contributed by atoms with van der Waals surface area (Å²) in [6, 6.07) is -0.171. The van der Waals surface area contributed by atoms with Crippen molar-refractivity contribution >= 4 is 21.8 Å². The molecular formula is C8H15N3O3S2. The average Bonchev–Trinajstić information content (AvgIpc) is 2.65. The molecule has 6 nitrogen and oxygen atoms in total. The molecule has 0 saturated heterocycles. The Hall–Kier alpha value is -0.570. The van der Waals surface area contributed by atoms with Crippen molar-refractivity contribution < 1.29 is 13.5 Å². The fraction of sp³-hybridized carbons (Fsp3) is 0.625. The van der Waals surface area contributed by atoms with Crippen molar-refractivity contribution in [3.8, 4) is 0 Å². The Bertz CT molecular complexity index is 429. The van der Waals surface area contributed by atoms with E-state index in [1.54, 1.807) is 18.7 Å². The Kier molecular flexibility index (Phi) is 4.78. The summed E-state index contributed by atoms with van der Waals surface area (Å²) >= 11 is 1.56. The number of aliphatic hydroxyl groups is 1. The maximum atomic E-state index is 11.9. The normalized spacial score (nSPS) is 13.9. The molecule has 1 rings (SSSR count). The molecule has 1 aromatic rings. The second-order valence-electron chi connectivity index (χ2n) is 3.36. The molecule has 0 aliphatic rings. The number of aliphatic hydroxyl groups excluding tert-OH is 1. The summed E-state index contributed by atoms with van der Waals surface area (Å²) in [6.07, 6.45) is 3.20. The van der Waals surface area contributed by atoms with Crippen molar-refractivity contribution in [1.82, 2.24) is 14.9 Å². The van der Waals surface area contributed by atoms with Crippen LogP contribution in [0.1, 0.15) is 12.5 Å². The minimum Gasteiger partial charge on any atom is -0.392 e. The summed E-state index contributed by atoms with van der Waals surface area (Å²) in [4.78, 5) is 0. The third-order valence-electron chi connectivity index (χ3n) is 1.89. The highest BCUT2D eigenvalue weighted by Gasteiger charge is 2.22. The number of aromatic amines is 1. The van der Waals surface area contributed by atoms with Crippen molar-refractivity contribution in [3.63, 3.8) is 0 Å². The minimum atomic E-state index is -3.62. The predicted molar refractivity (Wildman–Crippen MR) is 62.7 cm³/mol. The lowest BCUT2D eigenvalue weighted by Crippen LogP contribution is -2.34. The van der Waals surface area contributed by atoms with Crippen LogP contribution in [-0.4, -0.2) is 41.8 Å². The van der Waals surface area contributed by atoms with E-state index in [1.165, 1.54) is 6.20 Å². The largest absolute Gasteiger partial charge is 0.392 e. The van der Waals surface area contributed by atoms with Crippen molar-refractivity contribution in [2.24, 2.45) is 0 Å². The second kappa shape index (κ2) is 5.67. The predicted octanol–water partition coefficient (Wildman–Crippen LogP) is -0.0682. The maximum Gasteiger partial charge on any atom is 0.258 e. The average molecular weight is 265 g/mol. The van der Waals surface area contributed by atoms with E-state index in [0.717, 1.165) is 0 Å². The van der Waals surface area contributed by atoms with Crippen LogP contribution in [-0.2, 0) is 16.6 Å². The van der Waals surface area contributed by atoms with Gasteiger partial charge in [0, 0.05) is 17.4 Å². The van der Waals surface area contributed by atoms with Crippen LogP contribution in [0.15, 0.2) is 11.2 Å². The van der Waals surface area contributed by atoms with Gasteiger partial charge in [0.2, 0.25) is 0 Å². The highest BCUT2D eigenvalue weighted by Crippen LogP contribution is 2.12. The summed E-state index contributed by atoms with van der Waals surface area (Å²) in [5, 5.41) is 14.9. The van der Waals surface area contributed by atoms with Gasteiger partial charge in [0.05, 0.1) is 12.8 Å². The molecule has 0 bridgehead atoms. The molecule has 0 aliphatic heterocycles. The molecular weight excluding hydrogens is 250 g/mol. The van der Waals surface area contributed by atoms with Crippen LogP contribution in [0.2, 0.25) is 0 Å². The second-order valence-corrected chi connectivity index (χ2v) is 5.92. The molecule has 16 heavy (non-hydrogen) atoms. The van der Waals surface area contributed by atoms with E-state index >= 15 is 0 Å². The van der Waals surface area contributed by atoms with Gasteiger partial charge in [0.1, 0.15) is 0 Å². The van der Waals surface area contributed by atoms with Crippen LogP contribution in [0.3, 0.4) is 0 Å². The van der Waals surface area contributed by atoms with E-state index in [9.17, 15) is 8.42 Å². The first kappa shape index (κ1) is 13.5. The summed E-state index contributed by atoms with van der Waals surface area (Å²) in [7, 11) is -3.62. The first-order valence-electron chi connectivity index (χ1n) is 4.65. The van der Waals surface area contributed by atoms with Crippen molar-refractivity contribution in [1.29, 1.82) is 0 Å². The van der Waals surface area contributed by atoms with Crippen LogP contribution in [0.25, 0.3) is 0 Å². The summed E-state index contributed by atoms with van der Waals surface area (Å²) in [6.45, 7) is 1.42. The number of nitrogens with one attached hydrogen (secondary N) is 2. The number of nitrogens with zero attached hydrogens (tertiary/aromatic N) is 1. The molecule has 1 heterocycles. The summed E-state index contributed by atoms with van der Waals surface area (Å²) < 4.78 is 26.2. The van der Waals surface area contributed by atoms with Gasteiger partial charge in [-0.3, -0.25) is 5.10 Å².